The average molecular weight is 298 g/mol. The summed E-state index contributed by atoms with van der Waals surface area (Å²) in [6.45, 7) is 3.95. The van der Waals surface area contributed by atoms with Gasteiger partial charge in [-0.05, 0) is 37.7 Å². The molecule has 1 aliphatic carbocycles. The molecular formula is C17H22N4O. The van der Waals surface area contributed by atoms with Crippen molar-refractivity contribution in [1.82, 2.24) is 19.7 Å². The lowest BCUT2D eigenvalue weighted by atomic mass is 9.99. The van der Waals surface area contributed by atoms with E-state index in [1.165, 1.54) is 19.3 Å². The van der Waals surface area contributed by atoms with Gasteiger partial charge >= 0.3 is 0 Å². The summed E-state index contributed by atoms with van der Waals surface area (Å²) in [6.07, 6.45) is 6.47. The highest BCUT2D eigenvalue weighted by molar-refractivity contribution is 6.05. The molecule has 2 aromatic rings. The minimum Gasteiger partial charge on any atom is -0.338 e. The summed E-state index contributed by atoms with van der Waals surface area (Å²) in [5, 5.41) is 5.19. The highest BCUT2D eigenvalue weighted by Gasteiger charge is 2.29. The van der Waals surface area contributed by atoms with Crippen LogP contribution in [0.25, 0.3) is 11.0 Å². The van der Waals surface area contributed by atoms with E-state index in [1.54, 1.807) is 10.9 Å². The molecule has 0 unspecified atom stereocenters. The van der Waals surface area contributed by atoms with Crippen LogP contribution < -0.4 is 0 Å². The van der Waals surface area contributed by atoms with Gasteiger partial charge in [-0.3, -0.25) is 9.48 Å². The zero-order chi connectivity index (χ0) is 15.3. The second-order valence-corrected chi connectivity index (χ2v) is 6.87. The van der Waals surface area contributed by atoms with Gasteiger partial charge in [0.25, 0.3) is 5.91 Å². The summed E-state index contributed by atoms with van der Waals surface area (Å²) in [6, 6.07) is 2.02. The number of nitrogens with zero attached hydrogens (tertiary/aromatic N) is 4. The van der Waals surface area contributed by atoms with Crippen molar-refractivity contribution in [1.29, 1.82) is 0 Å². The predicted molar refractivity (Wildman–Crippen MR) is 84.8 cm³/mol. The van der Waals surface area contributed by atoms with Crippen molar-refractivity contribution in [3.63, 3.8) is 0 Å². The Labute approximate surface area is 130 Å². The molecule has 5 heteroatoms. The standard InChI is InChI=1S/C17H22N4O/c1-11-4-3-7-21(10-11)17(22)13-8-15(12-5-6-12)19-16-14(13)9-18-20(16)2/h8-9,11-12H,3-7,10H2,1-2H3/t11-/m1/s1. The first-order chi connectivity index (χ1) is 10.6. The summed E-state index contributed by atoms with van der Waals surface area (Å²) in [7, 11) is 1.89. The maximum Gasteiger partial charge on any atom is 0.254 e. The molecule has 1 amide bonds. The fourth-order valence-corrected chi connectivity index (χ4v) is 3.44. The Kier molecular flexibility index (Phi) is 3.17. The summed E-state index contributed by atoms with van der Waals surface area (Å²) in [5.41, 5.74) is 2.68. The van der Waals surface area contributed by atoms with E-state index in [0.29, 0.717) is 11.8 Å². The molecule has 3 heterocycles. The molecule has 0 bridgehead atoms. The number of carbonyl (C=O) groups is 1. The highest BCUT2D eigenvalue weighted by atomic mass is 16.2. The highest BCUT2D eigenvalue weighted by Crippen LogP contribution is 2.40. The summed E-state index contributed by atoms with van der Waals surface area (Å²) < 4.78 is 1.77. The number of piperidine rings is 1. The number of likely N-dealkylation sites (tertiary alicyclic amines) is 1. The Morgan fingerprint density at radius 2 is 2.14 bits per heavy atom. The van der Waals surface area contributed by atoms with Gasteiger partial charge in [-0.1, -0.05) is 6.92 Å². The van der Waals surface area contributed by atoms with Gasteiger partial charge in [-0.2, -0.15) is 5.10 Å². The van der Waals surface area contributed by atoms with E-state index >= 15 is 0 Å². The van der Waals surface area contributed by atoms with Crippen LogP contribution in [0.1, 0.15) is 54.6 Å². The zero-order valence-corrected chi connectivity index (χ0v) is 13.2. The van der Waals surface area contributed by atoms with Crippen molar-refractivity contribution >= 4 is 16.9 Å². The third kappa shape index (κ3) is 2.28. The topological polar surface area (TPSA) is 51.0 Å². The molecule has 0 radical (unpaired) electrons. The molecule has 2 fully saturated rings. The first-order valence-electron chi connectivity index (χ1n) is 8.25. The largest absolute Gasteiger partial charge is 0.338 e. The smallest absolute Gasteiger partial charge is 0.254 e. The van der Waals surface area contributed by atoms with Gasteiger partial charge in [-0.25, -0.2) is 4.98 Å². The molecule has 22 heavy (non-hydrogen) atoms. The van der Waals surface area contributed by atoms with Gasteiger partial charge in [0.15, 0.2) is 5.65 Å². The van der Waals surface area contributed by atoms with Crippen molar-refractivity contribution in [3.05, 3.63) is 23.5 Å². The Balaban J connectivity index is 1.77. The van der Waals surface area contributed by atoms with Crippen LogP contribution >= 0.6 is 0 Å². The number of pyridine rings is 1. The lowest BCUT2D eigenvalue weighted by Gasteiger charge is -2.31. The molecule has 1 aliphatic heterocycles. The molecule has 0 N–H and O–H groups in total. The van der Waals surface area contributed by atoms with Gasteiger partial charge in [0, 0.05) is 31.7 Å². The van der Waals surface area contributed by atoms with Crippen LogP contribution in [0.5, 0.6) is 0 Å². The monoisotopic (exact) mass is 298 g/mol. The van der Waals surface area contributed by atoms with Crippen LogP contribution in [-0.4, -0.2) is 38.7 Å². The molecular weight excluding hydrogens is 276 g/mol. The third-order valence-electron chi connectivity index (χ3n) is 4.90. The molecule has 2 aliphatic rings. The molecule has 116 valence electrons. The Bertz CT molecular complexity index is 732. The number of fused-ring (bicyclic) bond motifs is 1. The molecule has 1 atom stereocenters. The zero-order valence-electron chi connectivity index (χ0n) is 13.2. The minimum absolute atomic E-state index is 0.147. The first kappa shape index (κ1) is 13.7. The number of rotatable bonds is 2. The SMILES string of the molecule is C[C@@H]1CCCN(C(=O)c2cc(C3CC3)nc3c2cnn3C)C1. The van der Waals surface area contributed by atoms with Gasteiger partial charge < -0.3 is 4.90 Å². The van der Waals surface area contributed by atoms with E-state index in [0.717, 1.165) is 41.8 Å². The Morgan fingerprint density at radius 1 is 1.32 bits per heavy atom. The van der Waals surface area contributed by atoms with Crippen molar-refractivity contribution in [2.24, 2.45) is 13.0 Å². The van der Waals surface area contributed by atoms with Crippen molar-refractivity contribution in [2.75, 3.05) is 13.1 Å². The molecule has 1 saturated carbocycles. The number of amides is 1. The number of aromatic nitrogens is 3. The number of hydrogen-bond acceptors (Lipinski definition) is 3. The van der Waals surface area contributed by atoms with Gasteiger partial charge in [0.1, 0.15) is 0 Å². The lowest BCUT2D eigenvalue weighted by Crippen LogP contribution is -2.39. The third-order valence-corrected chi connectivity index (χ3v) is 4.90. The van der Waals surface area contributed by atoms with Crippen molar-refractivity contribution in [2.45, 2.75) is 38.5 Å². The molecule has 0 spiro atoms. The fraction of sp³-hybridized carbons (Fsp3) is 0.588. The van der Waals surface area contributed by atoms with Crippen molar-refractivity contribution in [3.8, 4) is 0 Å². The Morgan fingerprint density at radius 3 is 2.86 bits per heavy atom. The first-order valence-corrected chi connectivity index (χ1v) is 8.25. The number of hydrogen-bond donors (Lipinski definition) is 0. The summed E-state index contributed by atoms with van der Waals surface area (Å²) >= 11 is 0. The molecule has 1 saturated heterocycles. The van der Waals surface area contributed by atoms with Crippen LogP contribution in [-0.2, 0) is 7.05 Å². The van der Waals surface area contributed by atoms with Gasteiger partial charge in [0.05, 0.1) is 17.1 Å². The lowest BCUT2D eigenvalue weighted by molar-refractivity contribution is 0.0685. The van der Waals surface area contributed by atoms with Crippen LogP contribution in [0, 0.1) is 5.92 Å². The number of carbonyl (C=O) groups excluding carboxylic acids is 1. The maximum atomic E-state index is 13.0. The second kappa shape index (κ2) is 5.07. The van der Waals surface area contributed by atoms with E-state index < -0.39 is 0 Å². The van der Waals surface area contributed by atoms with Crippen LogP contribution in [0.2, 0.25) is 0 Å². The molecule has 0 aromatic carbocycles. The van der Waals surface area contributed by atoms with E-state index in [2.05, 4.69) is 12.0 Å². The van der Waals surface area contributed by atoms with Crippen LogP contribution in [0.4, 0.5) is 0 Å². The van der Waals surface area contributed by atoms with E-state index in [4.69, 9.17) is 4.98 Å². The van der Waals surface area contributed by atoms with Gasteiger partial charge in [0.2, 0.25) is 0 Å². The van der Waals surface area contributed by atoms with Crippen LogP contribution in [0.3, 0.4) is 0 Å². The number of aryl methyl sites for hydroxylation is 1. The second-order valence-electron chi connectivity index (χ2n) is 6.87. The maximum absolute atomic E-state index is 13.0. The van der Waals surface area contributed by atoms with E-state index in [9.17, 15) is 4.79 Å². The molecule has 5 nitrogen and oxygen atoms in total. The normalized spacial score (nSPS) is 22.3. The van der Waals surface area contributed by atoms with Crippen LogP contribution in [0.15, 0.2) is 12.3 Å². The minimum atomic E-state index is 0.147. The van der Waals surface area contributed by atoms with Gasteiger partial charge in [-0.15, -0.1) is 0 Å². The van der Waals surface area contributed by atoms with E-state index in [1.807, 2.05) is 18.0 Å². The molecule has 4 rings (SSSR count). The Hall–Kier alpha value is -1.91. The summed E-state index contributed by atoms with van der Waals surface area (Å²) in [4.78, 5) is 19.8. The summed E-state index contributed by atoms with van der Waals surface area (Å²) in [5.74, 6) is 1.27. The predicted octanol–water partition coefficient (Wildman–Crippen LogP) is 2.72. The quantitative estimate of drug-likeness (QED) is 0.856. The fourth-order valence-electron chi connectivity index (χ4n) is 3.44. The molecule has 2 aromatic heterocycles. The average Bonchev–Trinajstić information content (AvgIpc) is 3.30. The van der Waals surface area contributed by atoms with E-state index in [-0.39, 0.29) is 5.91 Å². The van der Waals surface area contributed by atoms with Crippen molar-refractivity contribution < 1.29 is 4.79 Å².